The van der Waals surface area contributed by atoms with E-state index < -0.39 is 0 Å². The number of furan rings is 1. The quantitative estimate of drug-likeness (QED) is 0.778. The number of nitrogens with one attached hydrogen (secondary N) is 1. The Morgan fingerprint density at radius 1 is 1.38 bits per heavy atom. The second-order valence-corrected chi connectivity index (χ2v) is 5.75. The Hall–Kier alpha value is -2.09. The summed E-state index contributed by atoms with van der Waals surface area (Å²) in [4.78, 5) is 6.88. The van der Waals surface area contributed by atoms with Crippen LogP contribution >= 0.6 is 12.4 Å². The Morgan fingerprint density at radius 2 is 2.29 bits per heavy atom. The van der Waals surface area contributed by atoms with Gasteiger partial charge in [-0.3, -0.25) is 4.90 Å². The Morgan fingerprint density at radius 3 is 3.04 bits per heavy atom. The van der Waals surface area contributed by atoms with Gasteiger partial charge in [0, 0.05) is 51.7 Å². The van der Waals surface area contributed by atoms with Crippen molar-refractivity contribution in [1.29, 1.82) is 0 Å². The SMILES string of the molecule is Cl.Cn1ccnc1C1CNCCN1Cc1cc(-c2ccco2)on1. The van der Waals surface area contributed by atoms with Crippen molar-refractivity contribution in [2.75, 3.05) is 19.6 Å². The molecule has 0 saturated carbocycles. The molecule has 3 aromatic rings. The van der Waals surface area contributed by atoms with E-state index in [1.54, 1.807) is 6.26 Å². The normalized spacial score (nSPS) is 18.5. The molecule has 0 spiro atoms. The summed E-state index contributed by atoms with van der Waals surface area (Å²) in [5.74, 6) is 2.42. The Balaban J connectivity index is 0.00000169. The lowest BCUT2D eigenvalue weighted by atomic mass is 10.1. The highest BCUT2D eigenvalue weighted by Gasteiger charge is 2.27. The zero-order valence-electron chi connectivity index (χ0n) is 13.4. The summed E-state index contributed by atoms with van der Waals surface area (Å²) in [6.07, 6.45) is 5.45. The number of halogens is 1. The first kappa shape index (κ1) is 16.8. The van der Waals surface area contributed by atoms with E-state index in [0.717, 1.165) is 37.7 Å². The number of nitrogens with zero attached hydrogens (tertiary/aromatic N) is 4. The lowest BCUT2D eigenvalue weighted by Crippen LogP contribution is -2.46. The molecule has 1 saturated heterocycles. The molecule has 0 bridgehead atoms. The molecule has 0 aliphatic carbocycles. The number of piperazine rings is 1. The van der Waals surface area contributed by atoms with Crippen molar-refractivity contribution in [2.45, 2.75) is 12.6 Å². The van der Waals surface area contributed by atoms with Crippen molar-refractivity contribution >= 4 is 12.4 Å². The van der Waals surface area contributed by atoms with Gasteiger partial charge in [-0.2, -0.15) is 0 Å². The average Bonchev–Trinajstić information content (AvgIpc) is 3.29. The number of rotatable bonds is 4. The lowest BCUT2D eigenvalue weighted by Gasteiger charge is -2.35. The standard InChI is InChI=1S/C16H19N5O2.ClH/c1-20-6-5-18-16(20)13-10-17-4-7-21(13)11-12-9-15(23-19-12)14-3-2-8-22-14;/h2-3,5-6,8-9,13,17H,4,7,10-11H2,1H3;1H. The van der Waals surface area contributed by atoms with Gasteiger partial charge in [0.2, 0.25) is 5.76 Å². The predicted octanol–water partition coefficient (Wildman–Crippen LogP) is 2.24. The monoisotopic (exact) mass is 349 g/mol. The second-order valence-electron chi connectivity index (χ2n) is 5.75. The minimum absolute atomic E-state index is 0. The third kappa shape index (κ3) is 3.24. The van der Waals surface area contributed by atoms with E-state index in [0.29, 0.717) is 11.5 Å². The molecule has 1 N–H and O–H groups in total. The van der Waals surface area contributed by atoms with Gasteiger partial charge in [0.1, 0.15) is 5.82 Å². The molecule has 4 heterocycles. The predicted molar refractivity (Wildman–Crippen MR) is 90.7 cm³/mol. The maximum absolute atomic E-state index is 5.39. The van der Waals surface area contributed by atoms with Crippen LogP contribution in [-0.2, 0) is 13.6 Å². The fourth-order valence-corrected chi connectivity index (χ4v) is 3.02. The van der Waals surface area contributed by atoms with Crippen molar-refractivity contribution in [2.24, 2.45) is 7.05 Å². The van der Waals surface area contributed by atoms with Crippen LogP contribution in [0.4, 0.5) is 0 Å². The van der Waals surface area contributed by atoms with Crippen LogP contribution in [0.3, 0.4) is 0 Å². The molecular weight excluding hydrogens is 330 g/mol. The minimum atomic E-state index is 0. The van der Waals surface area contributed by atoms with Gasteiger partial charge in [0.05, 0.1) is 18.0 Å². The Kier molecular flexibility index (Phi) is 5.03. The van der Waals surface area contributed by atoms with Gasteiger partial charge < -0.3 is 18.8 Å². The first-order valence-corrected chi connectivity index (χ1v) is 7.73. The highest BCUT2D eigenvalue weighted by molar-refractivity contribution is 5.85. The van der Waals surface area contributed by atoms with Gasteiger partial charge >= 0.3 is 0 Å². The van der Waals surface area contributed by atoms with Crippen LogP contribution in [0.25, 0.3) is 11.5 Å². The summed E-state index contributed by atoms with van der Waals surface area (Å²) in [6.45, 7) is 3.52. The zero-order chi connectivity index (χ0) is 15.6. The van der Waals surface area contributed by atoms with E-state index in [2.05, 4.69) is 24.9 Å². The highest BCUT2D eigenvalue weighted by Crippen LogP contribution is 2.25. The highest BCUT2D eigenvalue weighted by atomic mass is 35.5. The first-order chi connectivity index (χ1) is 11.3. The summed E-state index contributed by atoms with van der Waals surface area (Å²) >= 11 is 0. The van der Waals surface area contributed by atoms with Crippen molar-refractivity contribution in [3.63, 3.8) is 0 Å². The van der Waals surface area contributed by atoms with Gasteiger partial charge in [-0.1, -0.05) is 5.16 Å². The molecule has 8 heteroatoms. The molecular formula is C16H20ClN5O2. The van der Waals surface area contributed by atoms with Gasteiger partial charge in [-0.15, -0.1) is 12.4 Å². The van der Waals surface area contributed by atoms with Crippen molar-refractivity contribution < 1.29 is 8.94 Å². The summed E-state index contributed by atoms with van der Waals surface area (Å²) in [5.41, 5.74) is 0.900. The van der Waals surface area contributed by atoms with Crippen LogP contribution in [0.1, 0.15) is 17.6 Å². The molecule has 7 nitrogen and oxygen atoms in total. The number of aryl methyl sites for hydroxylation is 1. The van der Waals surface area contributed by atoms with Crippen LogP contribution in [-0.4, -0.2) is 39.2 Å². The minimum Gasteiger partial charge on any atom is -0.461 e. The molecule has 128 valence electrons. The number of aromatic nitrogens is 3. The molecule has 1 aliphatic rings. The first-order valence-electron chi connectivity index (χ1n) is 7.73. The summed E-state index contributed by atoms with van der Waals surface area (Å²) < 4.78 is 12.8. The van der Waals surface area contributed by atoms with Crippen LogP contribution in [0.15, 0.2) is 45.8 Å². The number of hydrogen-bond donors (Lipinski definition) is 1. The molecule has 1 atom stereocenters. The van der Waals surface area contributed by atoms with Gasteiger partial charge in [-0.25, -0.2) is 4.98 Å². The topological polar surface area (TPSA) is 72.3 Å². The zero-order valence-corrected chi connectivity index (χ0v) is 14.2. The summed E-state index contributed by atoms with van der Waals surface area (Å²) in [5, 5.41) is 7.62. The van der Waals surface area contributed by atoms with Gasteiger partial charge in [-0.05, 0) is 12.1 Å². The van der Waals surface area contributed by atoms with Crippen molar-refractivity contribution in [1.82, 2.24) is 24.9 Å². The fraction of sp³-hybridized carbons (Fsp3) is 0.375. The van der Waals surface area contributed by atoms with Crippen LogP contribution in [0.2, 0.25) is 0 Å². The van der Waals surface area contributed by atoms with E-state index >= 15 is 0 Å². The Labute approximate surface area is 146 Å². The molecule has 0 radical (unpaired) electrons. The maximum atomic E-state index is 5.39. The van der Waals surface area contributed by atoms with Crippen molar-refractivity contribution in [3.8, 4) is 11.5 Å². The van der Waals surface area contributed by atoms with Crippen LogP contribution in [0, 0.1) is 0 Å². The smallest absolute Gasteiger partial charge is 0.202 e. The lowest BCUT2D eigenvalue weighted by molar-refractivity contribution is 0.141. The maximum Gasteiger partial charge on any atom is 0.202 e. The molecule has 1 fully saturated rings. The molecule has 3 aromatic heterocycles. The second kappa shape index (κ2) is 7.21. The average molecular weight is 350 g/mol. The van der Waals surface area contributed by atoms with Crippen LogP contribution < -0.4 is 5.32 Å². The van der Waals surface area contributed by atoms with E-state index in [9.17, 15) is 0 Å². The van der Waals surface area contributed by atoms with E-state index in [-0.39, 0.29) is 18.4 Å². The largest absolute Gasteiger partial charge is 0.461 e. The molecule has 4 rings (SSSR count). The van der Waals surface area contributed by atoms with Gasteiger partial charge in [0.15, 0.2) is 5.76 Å². The van der Waals surface area contributed by atoms with Crippen LogP contribution in [0.5, 0.6) is 0 Å². The fourth-order valence-electron chi connectivity index (χ4n) is 3.02. The third-order valence-corrected chi connectivity index (χ3v) is 4.20. The summed E-state index contributed by atoms with van der Waals surface area (Å²) in [7, 11) is 2.03. The van der Waals surface area contributed by atoms with E-state index in [4.69, 9.17) is 8.94 Å². The van der Waals surface area contributed by atoms with Gasteiger partial charge in [0.25, 0.3) is 0 Å². The third-order valence-electron chi connectivity index (χ3n) is 4.20. The Bertz CT molecular complexity index is 767. The molecule has 0 amide bonds. The number of hydrogen-bond acceptors (Lipinski definition) is 6. The van der Waals surface area contributed by atoms with E-state index in [1.165, 1.54) is 0 Å². The molecule has 0 aromatic carbocycles. The molecule has 24 heavy (non-hydrogen) atoms. The number of imidazole rings is 1. The van der Waals surface area contributed by atoms with Crippen molar-refractivity contribution in [3.05, 3.63) is 48.4 Å². The van der Waals surface area contributed by atoms with E-state index in [1.807, 2.05) is 37.6 Å². The molecule has 1 aliphatic heterocycles. The molecule has 1 unspecified atom stereocenters. The summed E-state index contributed by atoms with van der Waals surface area (Å²) in [6, 6.07) is 5.88.